The molecule has 4 amide bonds. The van der Waals surface area contributed by atoms with Crippen LogP contribution in [0.5, 0.6) is 0 Å². The van der Waals surface area contributed by atoms with Crippen LogP contribution in [0.2, 0.25) is 0 Å². The van der Waals surface area contributed by atoms with Gasteiger partial charge in [-0.3, -0.25) is 14.5 Å². The molecule has 0 bridgehead atoms. The number of ether oxygens (including phenoxy) is 2. The summed E-state index contributed by atoms with van der Waals surface area (Å²) in [6.45, 7) is 27.5. The van der Waals surface area contributed by atoms with Crippen LogP contribution < -0.4 is 10.6 Å². The predicted molar refractivity (Wildman–Crippen MR) is 249 cm³/mol. The SMILES string of the molecule is C.C.CC(C)(C)CCCN1C(=O)c2ccccc2C1=O.CC(C)(C)CCCNC(=O)OC(C)(C)C.CC(C)(C)CCCNC(=O)OCC1c2ccccc2-c2ccccc21. The van der Waals surface area contributed by atoms with Gasteiger partial charge < -0.3 is 20.1 Å². The lowest BCUT2D eigenvalue weighted by Crippen LogP contribution is -2.33. The van der Waals surface area contributed by atoms with Crippen molar-refractivity contribution < 1.29 is 28.7 Å². The zero-order valence-electron chi connectivity index (χ0n) is 37.5. The minimum Gasteiger partial charge on any atom is -0.449 e. The van der Waals surface area contributed by atoms with E-state index >= 15 is 0 Å². The number of carbonyl (C=O) groups is 4. The molecule has 60 heavy (non-hydrogen) atoms. The molecule has 2 aliphatic rings. The van der Waals surface area contributed by atoms with Crippen LogP contribution in [0.3, 0.4) is 0 Å². The van der Waals surface area contributed by atoms with E-state index in [0.717, 1.165) is 38.5 Å². The van der Waals surface area contributed by atoms with Crippen molar-refractivity contribution in [1.82, 2.24) is 15.5 Å². The van der Waals surface area contributed by atoms with Crippen molar-refractivity contribution in [2.75, 3.05) is 26.2 Å². The number of benzene rings is 3. The van der Waals surface area contributed by atoms with Gasteiger partial charge in [-0.1, -0.05) is 138 Å². The third-order valence-corrected chi connectivity index (χ3v) is 9.68. The standard InChI is InChI=1S/C22H27NO2.C15H19NO2.C12H25NO2.2CH4/c1-22(2,3)13-8-14-23-21(24)25-15-20-18-11-6-4-9-16(18)17-10-5-7-12-19(17)20;1-15(2,3)9-6-10-16-13(17)11-7-4-5-8-12(11)14(16)18;1-11(2,3)8-7-9-13-10(14)15-12(4,5)6;;/h4-7,9-12,20H,8,13-15H2,1-3H3,(H,23,24);4-5,7-8H,6,9-10H2,1-3H3;7-9H2,1-6H3,(H,13,14);2*1H4. The van der Waals surface area contributed by atoms with E-state index in [0.29, 0.717) is 48.2 Å². The molecule has 0 saturated carbocycles. The molecule has 1 aliphatic carbocycles. The van der Waals surface area contributed by atoms with Crippen LogP contribution in [0, 0.1) is 16.2 Å². The van der Waals surface area contributed by atoms with E-state index in [-0.39, 0.29) is 50.2 Å². The second-order valence-corrected chi connectivity index (χ2v) is 20.0. The first kappa shape index (κ1) is 53.4. The smallest absolute Gasteiger partial charge is 0.407 e. The number of rotatable bonds is 11. The monoisotopic (exact) mass is 830 g/mol. The summed E-state index contributed by atoms with van der Waals surface area (Å²) in [5.41, 5.74) is 6.50. The van der Waals surface area contributed by atoms with Crippen molar-refractivity contribution >= 4 is 24.0 Å². The van der Waals surface area contributed by atoms with Crippen LogP contribution in [0.4, 0.5) is 9.59 Å². The molecule has 0 saturated heterocycles. The fourth-order valence-electron chi connectivity index (χ4n) is 6.79. The third kappa shape index (κ3) is 18.3. The highest BCUT2D eigenvalue weighted by Gasteiger charge is 2.35. The Morgan fingerprint density at radius 2 is 0.917 bits per heavy atom. The van der Waals surface area contributed by atoms with E-state index in [2.05, 4.69) is 109 Å². The molecule has 0 unspecified atom stereocenters. The van der Waals surface area contributed by atoms with Gasteiger partial charge in [-0.2, -0.15) is 0 Å². The van der Waals surface area contributed by atoms with E-state index in [4.69, 9.17) is 9.47 Å². The Balaban J connectivity index is 0.000000460. The second-order valence-electron chi connectivity index (χ2n) is 20.0. The van der Waals surface area contributed by atoms with Gasteiger partial charge in [0, 0.05) is 25.6 Å². The summed E-state index contributed by atoms with van der Waals surface area (Å²) in [6, 6.07) is 23.8. The highest BCUT2D eigenvalue weighted by molar-refractivity contribution is 6.21. The maximum Gasteiger partial charge on any atom is 0.407 e. The number of hydrogen-bond donors (Lipinski definition) is 2. The highest BCUT2D eigenvalue weighted by atomic mass is 16.6. The van der Waals surface area contributed by atoms with Crippen molar-refractivity contribution in [1.29, 1.82) is 0 Å². The number of nitrogens with one attached hydrogen (secondary N) is 2. The molecular formula is C51H79N3O6. The number of fused-ring (bicyclic) bond motifs is 4. The molecule has 0 spiro atoms. The molecule has 1 heterocycles. The first-order valence-corrected chi connectivity index (χ1v) is 21.0. The summed E-state index contributed by atoms with van der Waals surface area (Å²) in [5.74, 6) is -0.179. The zero-order chi connectivity index (χ0) is 43.3. The number of alkyl carbamates (subject to hydrolysis) is 2. The minimum atomic E-state index is -0.409. The summed E-state index contributed by atoms with van der Waals surface area (Å²) in [4.78, 5) is 48.8. The quantitative estimate of drug-likeness (QED) is 0.147. The molecule has 0 atom stereocenters. The summed E-state index contributed by atoms with van der Waals surface area (Å²) in [7, 11) is 0. The Hall–Kier alpha value is -4.66. The van der Waals surface area contributed by atoms with Gasteiger partial charge in [0.25, 0.3) is 11.8 Å². The Kier molecular flexibility index (Phi) is 20.8. The van der Waals surface area contributed by atoms with E-state index in [1.165, 1.54) is 27.2 Å². The van der Waals surface area contributed by atoms with Crippen LogP contribution in [0.25, 0.3) is 11.1 Å². The molecule has 3 aromatic rings. The molecule has 334 valence electrons. The average molecular weight is 830 g/mol. The van der Waals surface area contributed by atoms with E-state index in [1.807, 2.05) is 32.9 Å². The fourth-order valence-corrected chi connectivity index (χ4v) is 6.79. The van der Waals surface area contributed by atoms with E-state index in [1.54, 1.807) is 24.3 Å². The summed E-state index contributed by atoms with van der Waals surface area (Å²) in [5, 5.41) is 5.62. The Morgan fingerprint density at radius 1 is 0.550 bits per heavy atom. The van der Waals surface area contributed by atoms with Gasteiger partial charge in [-0.05, 0) is 110 Å². The molecular weight excluding hydrogens is 751 g/mol. The molecule has 9 heteroatoms. The predicted octanol–water partition coefficient (Wildman–Crippen LogP) is 13.1. The van der Waals surface area contributed by atoms with Crippen LogP contribution in [0.15, 0.2) is 72.8 Å². The number of carbonyl (C=O) groups excluding carboxylic acids is 4. The van der Waals surface area contributed by atoms with Crippen LogP contribution >= 0.6 is 0 Å². The van der Waals surface area contributed by atoms with Gasteiger partial charge in [0.2, 0.25) is 0 Å². The second kappa shape index (κ2) is 23.4. The molecule has 0 fully saturated rings. The van der Waals surface area contributed by atoms with Crippen LogP contribution in [-0.2, 0) is 9.47 Å². The molecule has 0 aromatic heterocycles. The first-order chi connectivity index (χ1) is 27.0. The summed E-state index contributed by atoms with van der Waals surface area (Å²) in [6.07, 6.45) is 5.35. The maximum atomic E-state index is 12.1. The van der Waals surface area contributed by atoms with Crippen LogP contribution in [-0.4, -0.2) is 60.7 Å². The lowest BCUT2D eigenvalue weighted by atomic mass is 9.90. The topological polar surface area (TPSA) is 114 Å². The Bertz CT molecular complexity index is 1740. The van der Waals surface area contributed by atoms with E-state index < -0.39 is 5.60 Å². The van der Waals surface area contributed by atoms with Crippen molar-refractivity contribution in [3.63, 3.8) is 0 Å². The van der Waals surface area contributed by atoms with Gasteiger partial charge in [0.05, 0.1) is 11.1 Å². The molecule has 0 radical (unpaired) electrons. The molecule has 9 nitrogen and oxygen atoms in total. The van der Waals surface area contributed by atoms with Crippen molar-refractivity contribution in [3.05, 3.63) is 95.1 Å². The van der Waals surface area contributed by atoms with Crippen molar-refractivity contribution in [2.45, 2.75) is 148 Å². The number of imide groups is 1. The number of amides is 4. The molecule has 2 N–H and O–H groups in total. The highest BCUT2D eigenvalue weighted by Crippen LogP contribution is 2.44. The normalized spacial score (nSPS) is 13.2. The van der Waals surface area contributed by atoms with Crippen LogP contribution in [0.1, 0.15) is 174 Å². The summed E-state index contributed by atoms with van der Waals surface area (Å²) < 4.78 is 10.6. The molecule has 5 rings (SSSR count). The van der Waals surface area contributed by atoms with Crippen molar-refractivity contribution in [3.8, 4) is 11.1 Å². The number of nitrogens with zero attached hydrogens (tertiary/aromatic N) is 1. The average Bonchev–Trinajstić information content (AvgIpc) is 3.56. The van der Waals surface area contributed by atoms with Gasteiger partial charge >= 0.3 is 12.2 Å². The molecule has 3 aromatic carbocycles. The lowest BCUT2D eigenvalue weighted by molar-refractivity contribution is 0.0524. The fraction of sp³-hybridized carbons (Fsp3) is 0.569. The zero-order valence-corrected chi connectivity index (χ0v) is 37.5. The largest absolute Gasteiger partial charge is 0.449 e. The van der Waals surface area contributed by atoms with Gasteiger partial charge in [-0.25, -0.2) is 9.59 Å². The third-order valence-electron chi connectivity index (χ3n) is 9.68. The Labute approximate surface area is 363 Å². The minimum absolute atomic E-state index is 0. The molecule has 1 aliphatic heterocycles. The van der Waals surface area contributed by atoms with E-state index in [9.17, 15) is 19.2 Å². The van der Waals surface area contributed by atoms with Gasteiger partial charge in [0.15, 0.2) is 0 Å². The Morgan fingerprint density at radius 3 is 1.32 bits per heavy atom. The number of hydrogen-bond acceptors (Lipinski definition) is 6. The first-order valence-electron chi connectivity index (χ1n) is 21.0. The lowest BCUT2D eigenvalue weighted by Gasteiger charge is -2.21. The summed E-state index contributed by atoms with van der Waals surface area (Å²) >= 11 is 0. The van der Waals surface area contributed by atoms with Crippen molar-refractivity contribution in [2.24, 2.45) is 16.2 Å². The van der Waals surface area contributed by atoms with Gasteiger partial charge in [0.1, 0.15) is 12.2 Å². The van der Waals surface area contributed by atoms with Gasteiger partial charge in [-0.15, -0.1) is 0 Å². The maximum absolute atomic E-state index is 12.1.